The third kappa shape index (κ3) is 3.38. The quantitative estimate of drug-likeness (QED) is 0.409. The maximum absolute atomic E-state index is 11.2. The minimum atomic E-state index is -0.534. The van der Waals surface area contributed by atoms with Gasteiger partial charge in [-0.3, -0.25) is 0 Å². The van der Waals surface area contributed by atoms with E-state index in [2.05, 4.69) is 17.2 Å². The fourth-order valence-electron chi connectivity index (χ4n) is 1.19. The van der Waals surface area contributed by atoms with E-state index in [9.17, 15) is 9.90 Å². The number of carbonyl (C=O) groups excluding carboxylic acids is 1. The van der Waals surface area contributed by atoms with Crippen molar-refractivity contribution in [1.82, 2.24) is 0 Å². The fraction of sp³-hybridized carbons (Fsp3) is 0.182. The zero-order valence-electron chi connectivity index (χ0n) is 9.01. The number of aromatic hydroxyl groups is 1. The molecule has 16 heavy (non-hydrogen) atoms. The van der Waals surface area contributed by atoms with Crippen molar-refractivity contribution >= 4 is 5.97 Å². The highest BCUT2D eigenvalue weighted by molar-refractivity contribution is 5.92. The molecule has 1 rings (SSSR count). The second-order valence-electron chi connectivity index (χ2n) is 2.80. The van der Waals surface area contributed by atoms with Crippen molar-refractivity contribution in [2.75, 3.05) is 7.11 Å². The van der Waals surface area contributed by atoms with E-state index in [4.69, 9.17) is 5.21 Å². The lowest BCUT2D eigenvalue weighted by Gasteiger charge is -2.06. The van der Waals surface area contributed by atoms with Crippen molar-refractivity contribution in [3.63, 3.8) is 0 Å². The van der Waals surface area contributed by atoms with E-state index in [1.165, 1.54) is 13.2 Å². The van der Waals surface area contributed by atoms with Gasteiger partial charge < -0.3 is 15.1 Å². The first kappa shape index (κ1) is 14.2. The van der Waals surface area contributed by atoms with Crippen LogP contribution in [0.15, 0.2) is 30.9 Å². The average molecular weight is 225 g/mol. The second kappa shape index (κ2) is 7.44. The van der Waals surface area contributed by atoms with E-state index < -0.39 is 5.97 Å². The van der Waals surface area contributed by atoms with Gasteiger partial charge in [0, 0.05) is 0 Å². The molecule has 0 aliphatic carbocycles. The minimum Gasteiger partial charge on any atom is -0.507 e. The van der Waals surface area contributed by atoms with Crippen LogP contribution in [-0.4, -0.2) is 23.4 Å². The Morgan fingerprint density at radius 3 is 2.69 bits per heavy atom. The van der Waals surface area contributed by atoms with E-state index in [-0.39, 0.29) is 11.3 Å². The summed E-state index contributed by atoms with van der Waals surface area (Å²) < 4.78 is 4.53. The first-order valence-corrected chi connectivity index (χ1v) is 4.46. The van der Waals surface area contributed by atoms with Crippen LogP contribution in [0.1, 0.15) is 15.9 Å². The van der Waals surface area contributed by atoms with E-state index in [0.717, 1.165) is 0 Å². The largest absolute Gasteiger partial charge is 0.507 e. The Morgan fingerprint density at radius 2 is 2.19 bits per heavy atom. The summed E-state index contributed by atoms with van der Waals surface area (Å²) in [5.74, 6) is 2.94. The van der Waals surface area contributed by atoms with Crippen molar-refractivity contribution in [1.29, 1.82) is 0 Å². The summed E-state index contributed by atoms with van der Waals surface area (Å²) in [5, 5.41) is 16.2. The molecule has 0 spiro atoms. The number of hydrogen-bond donors (Lipinski definition) is 3. The van der Waals surface area contributed by atoms with Crippen LogP contribution in [0.25, 0.3) is 0 Å². The summed E-state index contributed by atoms with van der Waals surface area (Å²) in [7, 11) is 1.28. The SMILES string of the molecule is C=CCc1cccc(C(=O)OC)c1O.NO. The van der Waals surface area contributed by atoms with Crippen molar-refractivity contribution < 1.29 is 19.8 Å². The van der Waals surface area contributed by atoms with Gasteiger partial charge in [-0.25, -0.2) is 10.7 Å². The molecule has 0 saturated heterocycles. The van der Waals surface area contributed by atoms with Crippen molar-refractivity contribution in [3.05, 3.63) is 42.0 Å². The van der Waals surface area contributed by atoms with Gasteiger partial charge in [0.2, 0.25) is 0 Å². The molecule has 5 heteroatoms. The van der Waals surface area contributed by atoms with E-state index in [0.29, 0.717) is 12.0 Å². The second-order valence-corrected chi connectivity index (χ2v) is 2.80. The van der Waals surface area contributed by atoms with Gasteiger partial charge in [-0.2, -0.15) is 0 Å². The number of para-hydroxylation sites is 1. The molecule has 88 valence electrons. The molecule has 0 heterocycles. The van der Waals surface area contributed by atoms with Crippen LogP contribution < -0.4 is 5.90 Å². The summed E-state index contributed by atoms with van der Waals surface area (Å²) in [6, 6.07) is 4.96. The van der Waals surface area contributed by atoms with Crippen molar-refractivity contribution in [3.8, 4) is 5.75 Å². The highest BCUT2D eigenvalue weighted by atomic mass is 16.5. The molecule has 0 bridgehead atoms. The van der Waals surface area contributed by atoms with Gasteiger partial charge >= 0.3 is 5.97 Å². The number of ether oxygens (including phenoxy) is 1. The molecule has 0 amide bonds. The highest BCUT2D eigenvalue weighted by Gasteiger charge is 2.13. The summed E-state index contributed by atoms with van der Waals surface area (Å²) in [6.45, 7) is 3.56. The maximum Gasteiger partial charge on any atom is 0.341 e. The third-order valence-corrected chi connectivity index (χ3v) is 1.89. The highest BCUT2D eigenvalue weighted by Crippen LogP contribution is 2.23. The van der Waals surface area contributed by atoms with Crippen LogP contribution >= 0.6 is 0 Å². The molecule has 5 nitrogen and oxygen atoms in total. The minimum absolute atomic E-state index is 0.0285. The monoisotopic (exact) mass is 225 g/mol. The molecule has 0 radical (unpaired) electrons. The van der Waals surface area contributed by atoms with Gasteiger partial charge in [0.25, 0.3) is 0 Å². The third-order valence-electron chi connectivity index (χ3n) is 1.89. The summed E-state index contributed by atoms with van der Waals surface area (Å²) in [4.78, 5) is 11.2. The summed E-state index contributed by atoms with van der Waals surface area (Å²) in [5.41, 5.74) is 0.856. The standard InChI is InChI=1S/C11H12O3.H3NO/c1-3-5-8-6-4-7-9(10(8)12)11(13)14-2;1-2/h3-4,6-7,12H,1,5H2,2H3;2H,1H2. The molecule has 0 aliphatic rings. The van der Waals surface area contributed by atoms with Gasteiger partial charge in [-0.1, -0.05) is 18.2 Å². The number of allylic oxidation sites excluding steroid dienone is 1. The Morgan fingerprint density at radius 1 is 1.56 bits per heavy atom. The molecule has 4 N–H and O–H groups in total. The molecule has 0 aromatic heterocycles. The Hall–Kier alpha value is -1.85. The van der Waals surface area contributed by atoms with Crippen LogP contribution in [0, 0.1) is 0 Å². The topological polar surface area (TPSA) is 92.8 Å². The molecule has 0 unspecified atom stereocenters. The number of phenols is 1. The van der Waals surface area contributed by atoms with Gasteiger partial charge in [0.05, 0.1) is 7.11 Å². The van der Waals surface area contributed by atoms with E-state index in [1.807, 2.05) is 0 Å². The van der Waals surface area contributed by atoms with Crippen LogP contribution in [0.2, 0.25) is 0 Å². The number of phenolic OH excluding ortho intramolecular Hbond substituents is 1. The number of carbonyl (C=O) groups is 1. The number of hydrogen-bond acceptors (Lipinski definition) is 5. The molecule has 0 saturated carbocycles. The average Bonchev–Trinajstić information content (AvgIpc) is 2.34. The molecule has 0 aliphatic heterocycles. The van der Waals surface area contributed by atoms with Gasteiger partial charge in [-0.05, 0) is 18.1 Å². The molecule has 1 aromatic carbocycles. The van der Waals surface area contributed by atoms with Crippen LogP contribution in [0.4, 0.5) is 0 Å². The zero-order chi connectivity index (χ0) is 12.6. The van der Waals surface area contributed by atoms with Gasteiger partial charge in [0.1, 0.15) is 11.3 Å². The van der Waals surface area contributed by atoms with E-state index in [1.54, 1.807) is 18.2 Å². The lowest BCUT2D eigenvalue weighted by Crippen LogP contribution is -2.02. The van der Waals surface area contributed by atoms with Crippen molar-refractivity contribution in [2.24, 2.45) is 5.90 Å². The smallest absolute Gasteiger partial charge is 0.341 e. The van der Waals surface area contributed by atoms with Crippen LogP contribution in [0.3, 0.4) is 0 Å². The predicted octanol–water partition coefficient (Wildman–Crippen LogP) is 1.24. The maximum atomic E-state index is 11.2. The lowest BCUT2D eigenvalue weighted by molar-refractivity contribution is 0.0597. The predicted molar refractivity (Wildman–Crippen MR) is 59.3 cm³/mol. The summed E-state index contributed by atoms with van der Waals surface area (Å²) >= 11 is 0. The number of methoxy groups -OCH3 is 1. The molecular formula is C11H15NO4. The zero-order valence-corrected chi connectivity index (χ0v) is 9.01. The van der Waals surface area contributed by atoms with Crippen LogP contribution in [0.5, 0.6) is 5.75 Å². The summed E-state index contributed by atoms with van der Waals surface area (Å²) in [6.07, 6.45) is 2.19. The molecule has 0 atom stereocenters. The number of esters is 1. The number of rotatable bonds is 3. The normalized spacial score (nSPS) is 8.69. The van der Waals surface area contributed by atoms with Crippen molar-refractivity contribution in [2.45, 2.75) is 6.42 Å². The number of nitrogens with two attached hydrogens (primary N) is 1. The first-order valence-electron chi connectivity index (χ1n) is 4.46. The van der Waals surface area contributed by atoms with Crippen LogP contribution in [-0.2, 0) is 11.2 Å². The Balaban J connectivity index is 0.00000106. The molecule has 0 fully saturated rings. The fourth-order valence-corrected chi connectivity index (χ4v) is 1.19. The Kier molecular flexibility index (Phi) is 6.58. The molecular weight excluding hydrogens is 210 g/mol. The number of benzene rings is 1. The Bertz CT molecular complexity index is 363. The van der Waals surface area contributed by atoms with Gasteiger partial charge in [-0.15, -0.1) is 6.58 Å². The van der Waals surface area contributed by atoms with E-state index >= 15 is 0 Å². The first-order chi connectivity index (χ1) is 7.70. The lowest BCUT2D eigenvalue weighted by atomic mass is 10.1. The Labute approximate surface area is 93.7 Å². The van der Waals surface area contributed by atoms with Gasteiger partial charge in [0.15, 0.2) is 0 Å². The molecule has 1 aromatic rings.